The van der Waals surface area contributed by atoms with Crippen LogP contribution < -0.4 is 5.32 Å². The summed E-state index contributed by atoms with van der Waals surface area (Å²) in [5, 5.41) is 13.3. The Hall–Kier alpha value is -2.73. The molecule has 0 aromatic heterocycles. The Labute approximate surface area is 130 Å². The van der Waals surface area contributed by atoms with E-state index in [9.17, 15) is 19.3 Å². The monoisotopic (exact) mass is 320 g/mol. The number of carbonyl (C=O) groups excluding carboxylic acids is 1. The van der Waals surface area contributed by atoms with E-state index in [1.54, 1.807) is 0 Å². The van der Waals surface area contributed by atoms with Gasteiger partial charge in [-0.1, -0.05) is 23.7 Å². The van der Waals surface area contributed by atoms with Crippen LogP contribution in [-0.2, 0) is 4.79 Å². The molecular formula is C15H10ClFN2O3. The van der Waals surface area contributed by atoms with Gasteiger partial charge in [-0.15, -0.1) is 0 Å². The lowest BCUT2D eigenvalue weighted by Gasteiger charge is -2.02. The molecule has 5 nitrogen and oxygen atoms in total. The summed E-state index contributed by atoms with van der Waals surface area (Å²) in [6.45, 7) is 0. The molecule has 0 aliphatic carbocycles. The number of halogens is 2. The highest BCUT2D eigenvalue weighted by molar-refractivity contribution is 6.32. The number of nitro groups is 1. The molecule has 2 aromatic rings. The molecule has 1 N–H and O–H groups in total. The topological polar surface area (TPSA) is 72.2 Å². The summed E-state index contributed by atoms with van der Waals surface area (Å²) >= 11 is 5.83. The van der Waals surface area contributed by atoms with Crippen molar-refractivity contribution < 1.29 is 14.1 Å². The van der Waals surface area contributed by atoms with Gasteiger partial charge in [0.25, 0.3) is 5.69 Å². The zero-order valence-corrected chi connectivity index (χ0v) is 11.9. The van der Waals surface area contributed by atoms with Crippen LogP contribution in [0.5, 0.6) is 0 Å². The molecule has 0 aliphatic heterocycles. The summed E-state index contributed by atoms with van der Waals surface area (Å²) in [7, 11) is 0. The third kappa shape index (κ3) is 3.89. The maximum Gasteiger partial charge on any atom is 0.271 e. The van der Waals surface area contributed by atoms with Crippen molar-refractivity contribution in [3.8, 4) is 0 Å². The Kier molecular flexibility index (Phi) is 4.85. The van der Waals surface area contributed by atoms with Crippen molar-refractivity contribution in [2.75, 3.05) is 5.32 Å². The Balaban J connectivity index is 2.12. The van der Waals surface area contributed by atoms with Crippen molar-refractivity contribution in [1.82, 2.24) is 0 Å². The van der Waals surface area contributed by atoms with E-state index < -0.39 is 16.6 Å². The van der Waals surface area contributed by atoms with Gasteiger partial charge in [-0.2, -0.15) is 0 Å². The Morgan fingerprint density at radius 3 is 2.68 bits per heavy atom. The molecule has 0 unspecified atom stereocenters. The van der Waals surface area contributed by atoms with Gasteiger partial charge in [0.1, 0.15) is 5.82 Å². The molecule has 2 aromatic carbocycles. The van der Waals surface area contributed by atoms with E-state index in [0.717, 1.165) is 6.08 Å². The van der Waals surface area contributed by atoms with E-state index >= 15 is 0 Å². The van der Waals surface area contributed by atoms with Gasteiger partial charge in [-0.25, -0.2) is 4.39 Å². The van der Waals surface area contributed by atoms with Crippen LogP contribution in [0.1, 0.15) is 5.56 Å². The molecular weight excluding hydrogens is 311 g/mol. The summed E-state index contributed by atoms with van der Waals surface area (Å²) in [5.41, 5.74) is 0.223. The van der Waals surface area contributed by atoms with E-state index in [0.29, 0.717) is 0 Å². The summed E-state index contributed by atoms with van der Waals surface area (Å²) in [4.78, 5) is 21.8. The summed E-state index contributed by atoms with van der Waals surface area (Å²) in [5.74, 6) is -1.10. The van der Waals surface area contributed by atoms with Crippen LogP contribution in [0.25, 0.3) is 6.08 Å². The molecule has 1 amide bonds. The van der Waals surface area contributed by atoms with Crippen LogP contribution in [0.2, 0.25) is 5.02 Å². The number of nitrogens with zero attached hydrogens (tertiary/aromatic N) is 1. The van der Waals surface area contributed by atoms with Gasteiger partial charge in [-0.3, -0.25) is 14.9 Å². The molecule has 0 aliphatic rings. The van der Waals surface area contributed by atoms with E-state index in [2.05, 4.69) is 5.32 Å². The quantitative estimate of drug-likeness (QED) is 0.525. The fourth-order valence-electron chi connectivity index (χ4n) is 1.71. The van der Waals surface area contributed by atoms with Gasteiger partial charge in [0, 0.05) is 29.5 Å². The number of benzene rings is 2. The fraction of sp³-hybridized carbons (Fsp3) is 0. The number of carbonyl (C=O) groups is 1. The first-order valence-electron chi connectivity index (χ1n) is 6.15. The van der Waals surface area contributed by atoms with Gasteiger partial charge in [-0.05, 0) is 24.3 Å². The fourth-order valence-corrected chi connectivity index (χ4v) is 1.94. The molecule has 0 bridgehead atoms. The molecule has 0 heterocycles. The van der Waals surface area contributed by atoms with Crippen molar-refractivity contribution in [2.45, 2.75) is 0 Å². The molecule has 0 saturated carbocycles. The zero-order valence-electron chi connectivity index (χ0n) is 11.1. The maximum absolute atomic E-state index is 13.5. The van der Waals surface area contributed by atoms with Crippen molar-refractivity contribution in [3.63, 3.8) is 0 Å². The molecule has 0 saturated heterocycles. The second kappa shape index (κ2) is 6.82. The third-order valence-corrected chi connectivity index (χ3v) is 3.06. The van der Waals surface area contributed by atoms with Crippen molar-refractivity contribution in [2.24, 2.45) is 0 Å². The highest BCUT2D eigenvalue weighted by Gasteiger charge is 2.07. The van der Waals surface area contributed by atoms with Crippen molar-refractivity contribution >= 4 is 35.0 Å². The molecule has 0 radical (unpaired) electrons. The highest BCUT2D eigenvalue weighted by atomic mass is 35.5. The number of amides is 1. The Bertz CT molecular complexity index is 742. The molecule has 0 spiro atoms. The molecule has 0 atom stereocenters. The summed E-state index contributed by atoms with van der Waals surface area (Å²) in [6, 6.07) is 9.68. The van der Waals surface area contributed by atoms with Crippen molar-refractivity contribution in [3.05, 3.63) is 75.1 Å². The van der Waals surface area contributed by atoms with Gasteiger partial charge in [0.05, 0.1) is 9.95 Å². The van der Waals surface area contributed by atoms with Gasteiger partial charge in [0.2, 0.25) is 5.91 Å². The Morgan fingerprint density at radius 1 is 1.27 bits per heavy atom. The molecule has 22 heavy (non-hydrogen) atoms. The molecule has 112 valence electrons. The van der Waals surface area contributed by atoms with Crippen LogP contribution in [0.4, 0.5) is 15.8 Å². The number of hydrogen-bond acceptors (Lipinski definition) is 3. The predicted molar refractivity (Wildman–Crippen MR) is 82.2 cm³/mol. The van der Waals surface area contributed by atoms with Crippen LogP contribution in [0.3, 0.4) is 0 Å². The SMILES string of the molecule is O=C(C=Cc1c(F)cccc1Cl)Nc1cccc([N+](=O)[O-])c1. The number of anilines is 1. The highest BCUT2D eigenvalue weighted by Crippen LogP contribution is 2.21. The second-order valence-corrected chi connectivity index (χ2v) is 4.67. The number of nitrogens with one attached hydrogen (secondary N) is 1. The average Bonchev–Trinajstić information content (AvgIpc) is 2.47. The van der Waals surface area contributed by atoms with Gasteiger partial charge in [0.15, 0.2) is 0 Å². The molecule has 2 rings (SSSR count). The van der Waals surface area contributed by atoms with Crippen LogP contribution in [0.15, 0.2) is 48.5 Å². The predicted octanol–water partition coefficient (Wildman–Crippen LogP) is 4.04. The van der Waals surface area contributed by atoms with E-state index in [1.165, 1.54) is 48.5 Å². The molecule has 0 fully saturated rings. The van der Waals surface area contributed by atoms with E-state index in [-0.39, 0.29) is 22.0 Å². The Morgan fingerprint density at radius 2 is 2.00 bits per heavy atom. The van der Waals surface area contributed by atoms with Gasteiger partial charge >= 0.3 is 0 Å². The minimum atomic E-state index is -0.565. The lowest BCUT2D eigenvalue weighted by atomic mass is 10.2. The normalized spacial score (nSPS) is 10.6. The van der Waals surface area contributed by atoms with E-state index in [4.69, 9.17) is 11.6 Å². The first-order valence-corrected chi connectivity index (χ1v) is 6.52. The minimum Gasteiger partial charge on any atom is -0.322 e. The smallest absolute Gasteiger partial charge is 0.271 e. The van der Waals surface area contributed by atoms with Crippen LogP contribution >= 0.6 is 11.6 Å². The first-order chi connectivity index (χ1) is 10.5. The number of nitro benzene ring substituents is 1. The van der Waals surface area contributed by atoms with E-state index in [1.807, 2.05) is 0 Å². The zero-order chi connectivity index (χ0) is 16.1. The largest absolute Gasteiger partial charge is 0.322 e. The number of rotatable bonds is 4. The number of non-ortho nitro benzene ring substituents is 1. The number of hydrogen-bond donors (Lipinski definition) is 1. The summed E-state index contributed by atoms with van der Waals surface area (Å²) < 4.78 is 13.5. The van der Waals surface area contributed by atoms with Crippen molar-refractivity contribution in [1.29, 1.82) is 0 Å². The van der Waals surface area contributed by atoms with Crippen LogP contribution in [-0.4, -0.2) is 10.8 Å². The standard InChI is InChI=1S/C15H10ClFN2O3/c16-13-5-2-6-14(17)12(13)7-8-15(20)18-10-3-1-4-11(9-10)19(21)22/h1-9H,(H,18,20). The summed E-state index contributed by atoms with van der Waals surface area (Å²) in [6.07, 6.45) is 2.34. The first kappa shape index (κ1) is 15.7. The maximum atomic E-state index is 13.5. The lowest BCUT2D eigenvalue weighted by Crippen LogP contribution is -2.08. The third-order valence-electron chi connectivity index (χ3n) is 2.73. The average molecular weight is 321 g/mol. The second-order valence-electron chi connectivity index (χ2n) is 4.27. The molecule has 7 heteroatoms. The van der Waals surface area contributed by atoms with Gasteiger partial charge < -0.3 is 5.32 Å². The lowest BCUT2D eigenvalue weighted by molar-refractivity contribution is -0.384. The minimum absolute atomic E-state index is 0.0957. The van der Waals surface area contributed by atoms with Crippen LogP contribution in [0, 0.1) is 15.9 Å².